The number of hydrogen-bond donors (Lipinski definition) is 0. The highest BCUT2D eigenvalue weighted by Gasteiger charge is 2.49. The van der Waals surface area contributed by atoms with Gasteiger partial charge in [-0.3, -0.25) is 9.80 Å². The number of ether oxygens (including phenoxy) is 2. The normalized spacial score (nSPS) is 23.6. The molecule has 0 radical (unpaired) electrons. The zero-order chi connectivity index (χ0) is 32.4. The average molecular weight is 634 g/mol. The van der Waals surface area contributed by atoms with Crippen LogP contribution in [0, 0.1) is 11.3 Å². The van der Waals surface area contributed by atoms with Gasteiger partial charge in [0.2, 0.25) is 5.88 Å². The maximum absolute atomic E-state index is 12.8. The van der Waals surface area contributed by atoms with Crippen molar-refractivity contribution in [3.63, 3.8) is 0 Å². The number of carbonyl (C=O) groups is 1. The molecule has 0 spiro atoms. The molecule has 12 nitrogen and oxygen atoms in total. The van der Waals surface area contributed by atoms with Gasteiger partial charge in [0, 0.05) is 74.4 Å². The monoisotopic (exact) mass is 633 g/mol. The van der Waals surface area contributed by atoms with E-state index in [1.54, 1.807) is 17.8 Å². The molecule has 6 aliphatic rings. The Balaban J connectivity index is 0.992. The third kappa shape index (κ3) is 5.28. The molecule has 6 saturated heterocycles. The van der Waals surface area contributed by atoms with E-state index in [1.165, 1.54) is 12.0 Å². The van der Waals surface area contributed by atoms with Crippen LogP contribution in [0.15, 0.2) is 55.1 Å². The van der Waals surface area contributed by atoms with Crippen molar-refractivity contribution in [3.8, 4) is 23.1 Å². The first-order valence-corrected chi connectivity index (χ1v) is 16.3. The lowest BCUT2D eigenvalue weighted by Gasteiger charge is -2.56. The molecule has 0 aliphatic carbocycles. The number of anilines is 2. The molecule has 242 valence electrons. The van der Waals surface area contributed by atoms with Gasteiger partial charge in [0.05, 0.1) is 48.4 Å². The molecule has 0 N–H and O–H groups in total. The summed E-state index contributed by atoms with van der Waals surface area (Å²) in [7, 11) is 1.64. The van der Waals surface area contributed by atoms with Crippen molar-refractivity contribution in [1.29, 1.82) is 5.26 Å². The maximum atomic E-state index is 12.8. The first-order valence-electron chi connectivity index (χ1n) is 16.3. The summed E-state index contributed by atoms with van der Waals surface area (Å²) in [6.45, 7) is 9.89. The van der Waals surface area contributed by atoms with Crippen LogP contribution in [0.3, 0.4) is 0 Å². The molecular weight excluding hydrogens is 594 g/mol. The molecule has 6 aliphatic heterocycles. The largest absolute Gasteiger partial charge is 0.481 e. The summed E-state index contributed by atoms with van der Waals surface area (Å²) in [6.07, 6.45) is 9.37. The minimum atomic E-state index is -0.521. The number of nitriles is 1. The first-order chi connectivity index (χ1) is 22.7. The van der Waals surface area contributed by atoms with Gasteiger partial charge in [-0.1, -0.05) is 6.07 Å². The number of aromatic nitrogens is 4. The SMILES string of the molecule is COc1ccc(CN2C3CC2CN(c2ccc(-c4cc(N5CC6CC(C5)N6C(=O)OC(C)(C)C)cn5ncc(C#N)c45)cn2)C3)cn1. The van der Waals surface area contributed by atoms with Gasteiger partial charge in [0.15, 0.2) is 0 Å². The van der Waals surface area contributed by atoms with Crippen LogP contribution in [-0.4, -0.2) is 98.5 Å². The van der Waals surface area contributed by atoms with Crippen LogP contribution >= 0.6 is 0 Å². The number of pyridine rings is 3. The van der Waals surface area contributed by atoms with Crippen molar-refractivity contribution < 1.29 is 14.3 Å². The second-order valence-electron chi connectivity index (χ2n) is 14.1. The van der Waals surface area contributed by atoms with Gasteiger partial charge in [-0.05, 0) is 57.4 Å². The third-order valence-corrected chi connectivity index (χ3v) is 9.98. The molecule has 4 atom stereocenters. The number of rotatable bonds is 6. The minimum absolute atomic E-state index is 0.107. The molecule has 4 aromatic heterocycles. The number of piperazine rings is 2. The molecule has 4 bridgehead atoms. The molecule has 12 heteroatoms. The highest BCUT2D eigenvalue weighted by atomic mass is 16.6. The fourth-order valence-electron chi connectivity index (χ4n) is 7.72. The van der Waals surface area contributed by atoms with E-state index in [2.05, 4.69) is 55.1 Å². The van der Waals surface area contributed by atoms with Crippen LogP contribution in [0.25, 0.3) is 16.6 Å². The molecule has 6 fully saturated rings. The molecule has 0 saturated carbocycles. The molecule has 4 unspecified atom stereocenters. The predicted octanol–water partition coefficient (Wildman–Crippen LogP) is 4.33. The van der Waals surface area contributed by atoms with Gasteiger partial charge in [-0.2, -0.15) is 10.4 Å². The van der Waals surface area contributed by atoms with E-state index < -0.39 is 5.60 Å². The van der Waals surface area contributed by atoms with E-state index in [0.717, 1.165) is 54.2 Å². The molecule has 10 heterocycles. The number of nitrogens with zero attached hydrogens (tertiary/aromatic N) is 9. The second-order valence-corrected chi connectivity index (χ2v) is 14.1. The minimum Gasteiger partial charge on any atom is -0.481 e. The number of piperidine rings is 2. The van der Waals surface area contributed by atoms with Gasteiger partial charge in [0.25, 0.3) is 0 Å². The Bertz CT molecular complexity index is 1840. The summed E-state index contributed by atoms with van der Waals surface area (Å²) in [5.41, 5.74) is 4.83. The lowest BCUT2D eigenvalue weighted by atomic mass is 9.87. The van der Waals surface area contributed by atoms with Crippen LogP contribution in [0.1, 0.15) is 44.7 Å². The van der Waals surface area contributed by atoms with Crippen molar-refractivity contribution in [2.45, 2.75) is 69.9 Å². The molecule has 0 aromatic carbocycles. The summed E-state index contributed by atoms with van der Waals surface area (Å²) >= 11 is 0. The van der Waals surface area contributed by atoms with Gasteiger partial charge in [-0.25, -0.2) is 19.3 Å². The topological polar surface area (TPSA) is 115 Å². The van der Waals surface area contributed by atoms with Crippen LogP contribution < -0.4 is 14.5 Å². The Morgan fingerprint density at radius 1 is 0.957 bits per heavy atom. The molecule has 10 rings (SSSR count). The van der Waals surface area contributed by atoms with Crippen LogP contribution in [-0.2, 0) is 11.3 Å². The summed E-state index contributed by atoms with van der Waals surface area (Å²) in [5.74, 6) is 1.60. The van der Waals surface area contributed by atoms with E-state index in [4.69, 9.17) is 14.5 Å². The third-order valence-electron chi connectivity index (χ3n) is 9.98. The van der Waals surface area contributed by atoms with Crippen LogP contribution in [0.5, 0.6) is 5.88 Å². The quantitative estimate of drug-likeness (QED) is 0.304. The number of amides is 1. The van der Waals surface area contributed by atoms with Crippen LogP contribution in [0.4, 0.5) is 16.3 Å². The van der Waals surface area contributed by atoms with Crippen molar-refractivity contribution in [2.75, 3.05) is 43.1 Å². The summed E-state index contributed by atoms with van der Waals surface area (Å²) in [4.78, 5) is 31.3. The smallest absolute Gasteiger partial charge is 0.410 e. The lowest BCUT2D eigenvalue weighted by Crippen LogP contribution is -2.70. The van der Waals surface area contributed by atoms with Gasteiger partial charge in [0.1, 0.15) is 17.5 Å². The van der Waals surface area contributed by atoms with Crippen LogP contribution in [0.2, 0.25) is 0 Å². The molecule has 1 amide bonds. The summed E-state index contributed by atoms with van der Waals surface area (Å²) in [5, 5.41) is 14.4. The highest BCUT2D eigenvalue weighted by Crippen LogP contribution is 2.39. The molecule has 47 heavy (non-hydrogen) atoms. The van der Waals surface area contributed by atoms with Crippen molar-refractivity contribution in [3.05, 3.63) is 66.2 Å². The Morgan fingerprint density at radius 2 is 1.70 bits per heavy atom. The fraction of sp³-hybridized carbons (Fsp3) is 0.457. The maximum Gasteiger partial charge on any atom is 0.410 e. The van der Waals surface area contributed by atoms with Gasteiger partial charge in [-0.15, -0.1) is 0 Å². The van der Waals surface area contributed by atoms with Gasteiger partial charge < -0.3 is 19.3 Å². The number of hydrogen-bond acceptors (Lipinski definition) is 10. The zero-order valence-corrected chi connectivity index (χ0v) is 27.2. The molecule has 4 aromatic rings. The van der Waals surface area contributed by atoms with Crippen molar-refractivity contribution >= 4 is 23.1 Å². The average Bonchev–Trinajstić information content (AvgIpc) is 3.49. The Kier molecular flexibility index (Phi) is 6.98. The van der Waals surface area contributed by atoms with E-state index in [-0.39, 0.29) is 18.2 Å². The lowest BCUT2D eigenvalue weighted by molar-refractivity contribution is -0.0379. The van der Waals surface area contributed by atoms with Gasteiger partial charge >= 0.3 is 6.09 Å². The highest BCUT2D eigenvalue weighted by molar-refractivity contribution is 5.86. The van der Waals surface area contributed by atoms with E-state index in [9.17, 15) is 10.1 Å². The van der Waals surface area contributed by atoms with Crippen molar-refractivity contribution in [1.82, 2.24) is 29.4 Å². The number of methoxy groups -OCH3 is 1. The van der Waals surface area contributed by atoms with E-state index in [0.29, 0.717) is 36.6 Å². The standard InChI is InChI=1S/C35H39N9O3/c1-35(2,3)47-34(45)44-28-10-29(44)20-40(19-28)25-11-30(33-24(12-36)15-39-43(33)21-25)23-6-7-31(37-14-23)41-17-26-9-27(18-41)42(26)16-22-5-8-32(46-4)38-13-22/h5-8,11,13-15,21,26-29H,9-10,16-20H2,1-4H3. The summed E-state index contributed by atoms with van der Waals surface area (Å²) in [6, 6.07) is 13.9. The van der Waals surface area contributed by atoms with Crippen molar-refractivity contribution in [2.24, 2.45) is 0 Å². The number of carbonyl (C=O) groups excluding carboxylic acids is 1. The number of fused-ring (bicyclic) bond motifs is 5. The Morgan fingerprint density at radius 3 is 2.34 bits per heavy atom. The Hall–Kier alpha value is -4.89. The molecular formula is C35H39N9O3. The van der Waals surface area contributed by atoms with E-state index >= 15 is 0 Å². The Labute approximate surface area is 274 Å². The first kappa shape index (κ1) is 29.5. The van der Waals surface area contributed by atoms with E-state index in [1.807, 2.05) is 50.3 Å². The second kappa shape index (κ2) is 11.1. The predicted molar refractivity (Wildman–Crippen MR) is 176 cm³/mol. The summed E-state index contributed by atoms with van der Waals surface area (Å²) < 4.78 is 12.7. The fourth-order valence-corrected chi connectivity index (χ4v) is 7.72. The zero-order valence-electron chi connectivity index (χ0n) is 27.2.